The first kappa shape index (κ1) is 19.2. The minimum absolute atomic E-state index is 0.0104. The molecule has 23 heavy (non-hydrogen) atoms. The van der Waals surface area contributed by atoms with Crippen molar-refractivity contribution >= 4 is 11.8 Å². The largest absolute Gasteiger partial charge is 0.339 e. The average molecular weight is 318 g/mol. The van der Waals surface area contributed by atoms with E-state index in [2.05, 4.69) is 0 Å². The molecule has 0 aromatic heterocycles. The lowest BCUT2D eigenvalue weighted by Gasteiger charge is -2.40. The van der Waals surface area contributed by atoms with Crippen LogP contribution in [0, 0.1) is 12.8 Å². The van der Waals surface area contributed by atoms with E-state index in [4.69, 9.17) is 0 Å². The number of hydrogen-bond acceptors (Lipinski definition) is 2. The lowest BCUT2D eigenvalue weighted by atomic mass is 10.1. The van der Waals surface area contributed by atoms with E-state index in [9.17, 15) is 9.59 Å². The number of nitrogens with zero attached hydrogens (tertiary/aromatic N) is 2. The van der Waals surface area contributed by atoms with E-state index in [-0.39, 0.29) is 23.8 Å². The topological polar surface area (TPSA) is 40.6 Å². The Bertz CT molecular complexity index is 540. The van der Waals surface area contributed by atoms with Crippen molar-refractivity contribution in [3.63, 3.8) is 0 Å². The standard InChI is InChI=1S/C17H24N2O2.C2H6/c1-12(2)16(20)18-8-9-19(14(4)11-18)17(21)15-7-5-6-13(3)10-15;1-2/h5-7,10,12,14H,8-9,11H2,1-4H3;1-2H3. The van der Waals surface area contributed by atoms with Crippen LogP contribution in [0.4, 0.5) is 0 Å². The summed E-state index contributed by atoms with van der Waals surface area (Å²) in [5.41, 5.74) is 1.81. The van der Waals surface area contributed by atoms with E-state index < -0.39 is 0 Å². The summed E-state index contributed by atoms with van der Waals surface area (Å²) in [6.45, 7) is 13.7. The van der Waals surface area contributed by atoms with Crippen LogP contribution >= 0.6 is 0 Å². The van der Waals surface area contributed by atoms with Gasteiger partial charge in [-0.1, -0.05) is 45.4 Å². The third kappa shape index (κ3) is 4.81. The van der Waals surface area contributed by atoms with E-state index in [0.717, 1.165) is 11.1 Å². The van der Waals surface area contributed by atoms with Gasteiger partial charge in [-0.25, -0.2) is 0 Å². The molecule has 1 aromatic rings. The Morgan fingerprint density at radius 3 is 2.35 bits per heavy atom. The molecule has 0 saturated carbocycles. The first-order valence-corrected chi connectivity index (χ1v) is 8.56. The highest BCUT2D eigenvalue weighted by atomic mass is 16.2. The highest BCUT2D eigenvalue weighted by Crippen LogP contribution is 2.16. The fourth-order valence-electron chi connectivity index (χ4n) is 2.77. The molecule has 0 radical (unpaired) electrons. The maximum absolute atomic E-state index is 12.6. The predicted octanol–water partition coefficient (Wildman–Crippen LogP) is 3.35. The summed E-state index contributed by atoms with van der Waals surface area (Å²) >= 11 is 0. The number of aryl methyl sites for hydroxylation is 1. The van der Waals surface area contributed by atoms with Crippen LogP contribution in [0.1, 0.15) is 50.5 Å². The quantitative estimate of drug-likeness (QED) is 0.839. The van der Waals surface area contributed by atoms with Gasteiger partial charge in [0, 0.05) is 37.2 Å². The zero-order valence-corrected chi connectivity index (χ0v) is 15.3. The molecule has 4 heteroatoms. The van der Waals surface area contributed by atoms with Gasteiger partial charge in [0.05, 0.1) is 0 Å². The van der Waals surface area contributed by atoms with Gasteiger partial charge < -0.3 is 9.80 Å². The minimum Gasteiger partial charge on any atom is -0.339 e. The van der Waals surface area contributed by atoms with Crippen LogP contribution in [-0.2, 0) is 4.79 Å². The Morgan fingerprint density at radius 1 is 1.17 bits per heavy atom. The van der Waals surface area contributed by atoms with Crippen LogP contribution in [0.3, 0.4) is 0 Å². The summed E-state index contributed by atoms with van der Waals surface area (Å²) in [6, 6.07) is 7.72. The maximum atomic E-state index is 12.6. The van der Waals surface area contributed by atoms with E-state index in [1.807, 2.05) is 75.6 Å². The Morgan fingerprint density at radius 2 is 1.83 bits per heavy atom. The SMILES string of the molecule is CC.Cc1cccc(C(=O)N2CCN(C(=O)C(C)C)CC2C)c1. The van der Waals surface area contributed by atoms with Crippen LogP contribution in [0.15, 0.2) is 24.3 Å². The normalized spacial score (nSPS) is 17.6. The van der Waals surface area contributed by atoms with Crippen molar-refractivity contribution in [3.05, 3.63) is 35.4 Å². The molecule has 2 rings (SSSR count). The highest BCUT2D eigenvalue weighted by Gasteiger charge is 2.30. The fourth-order valence-corrected chi connectivity index (χ4v) is 2.77. The number of carbonyl (C=O) groups is 2. The van der Waals surface area contributed by atoms with Gasteiger partial charge in [-0.3, -0.25) is 9.59 Å². The van der Waals surface area contributed by atoms with E-state index >= 15 is 0 Å². The number of amides is 2. The van der Waals surface area contributed by atoms with Gasteiger partial charge >= 0.3 is 0 Å². The molecule has 1 unspecified atom stereocenters. The summed E-state index contributed by atoms with van der Waals surface area (Å²) in [7, 11) is 0. The second kappa shape index (κ2) is 8.70. The molecule has 0 aliphatic carbocycles. The summed E-state index contributed by atoms with van der Waals surface area (Å²) < 4.78 is 0. The molecular formula is C19H30N2O2. The van der Waals surface area contributed by atoms with Gasteiger partial charge in [-0.15, -0.1) is 0 Å². The van der Waals surface area contributed by atoms with Crippen LogP contribution in [-0.4, -0.2) is 47.3 Å². The zero-order chi connectivity index (χ0) is 17.6. The Labute approximate surface area is 140 Å². The monoisotopic (exact) mass is 318 g/mol. The molecule has 0 N–H and O–H groups in total. The Hall–Kier alpha value is -1.84. The third-order valence-corrected chi connectivity index (χ3v) is 3.96. The van der Waals surface area contributed by atoms with Gasteiger partial charge in [0.1, 0.15) is 0 Å². The second-order valence-electron chi connectivity index (χ2n) is 6.16. The number of piperazine rings is 1. The minimum atomic E-state index is 0.0104. The summed E-state index contributed by atoms with van der Waals surface area (Å²) in [5.74, 6) is 0.239. The molecule has 2 amide bonds. The Kier molecular flexibility index (Phi) is 7.27. The van der Waals surface area contributed by atoms with Gasteiger partial charge in [-0.05, 0) is 26.0 Å². The van der Waals surface area contributed by atoms with Crippen molar-refractivity contribution in [2.75, 3.05) is 19.6 Å². The van der Waals surface area contributed by atoms with E-state index in [1.54, 1.807) is 0 Å². The third-order valence-electron chi connectivity index (χ3n) is 3.96. The van der Waals surface area contributed by atoms with Crippen molar-refractivity contribution in [1.29, 1.82) is 0 Å². The van der Waals surface area contributed by atoms with Crippen LogP contribution < -0.4 is 0 Å². The first-order valence-electron chi connectivity index (χ1n) is 8.56. The molecular weight excluding hydrogens is 288 g/mol. The van der Waals surface area contributed by atoms with Crippen molar-refractivity contribution in [1.82, 2.24) is 9.80 Å². The van der Waals surface area contributed by atoms with Crippen molar-refractivity contribution < 1.29 is 9.59 Å². The maximum Gasteiger partial charge on any atom is 0.254 e. The number of hydrogen-bond donors (Lipinski definition) is 0. The number of rotatable bonds is 2. The molecule has 128 valence electrons. The molecule has 1 fully saturated rings. The lowest BCUT2D eigenvalue weighted by Crippen LogP contribution is -2.56. The van der Waals surface area contributed by atoms with Crippen molar-refractivity contribution in [3.8, 4) is 0 Å². The molecule has 1 saturated heterocycles. The Balaban J connectivity index is 0.00000127. The lowest BCUT2D eigenvalue weighted by molar-refractivity contribution is -0.136. The van der Waals surface area contributed by atoms with Crippen LogP contribution in [0.25, 0.3) is 0 Å². The summed E-state index contributed by atoms with van der Waals surface area (Å²) in [4.78, 5) is 28.4. The van der Waals surface area contributed by atoms with Gasteiger partial charge in [-0.2, -0.15) is 0 Å². The zero-order valence-electron chi connectivity index (χ0n) is 15.3. The number of benzene rings is 1. The summed E-state index contributed by atoms with van der Waals surface area (Å²) in [5, 5.41) is 0. The van der Waals surface area contributed by atoms with Crippen LogP contribution in [0.2, 0.25) is 0 Å². The molecule has 4 nitrogen and oxygen atoms in total. The molecule has 1 aliphatic rings. The van der Waals surface area contributed by atoms with E-state index in [1.165, 1.54) is 0 Å². The predicted molar refractivity (Wildman–Crippen MR) is 94.4 cm³/mol. The second-order valence-corrected chi connectivity index (χ2v) is 6.16. The molecule has 1 aliphatic heterocycles. The highest BCUT2D eigenvalue weighted by molar-refractivity contribution is 5.94. The van der Waals surface area contributed by atoms with Gasteiger partial charge in [0.25, 0.3) is 5.91 Å². The molecule has 1 heterocycles. The van der Waals surface area contributed by atoms with Crippen molar-refractivity contribution in [2.24, 2.45) is 5.92 Å². The number of carbonyl (C=O) groups excluding carboxylic acids is 2. The average Bonchev–Trinajstić information content (AvgIpc) is 2.55. The van der Waals surface area contributed by atoms with Gasteiger partial charge in [0.15, 0.2) is 0 Å². The van der Waals surface area contributed by atoms with Crippen molar-refractivity contribution in [2.45, 2.75) is 47.6 Å². The fraction of sp³-hybridized carbons (Fsp3) is 0.579. The molecule has 1 aromatic carbocycles. The van der Waals surface area contributed by atoms with Crippen LogP contribution in [0.5, 0.6) is 0 Å². The first-order chi connectivity index (χ1) is 10.9. The molecule has 1 atom stereocenters. The van der Waals surface area contributed by atoms with Gasteiger partial charge in [0.2, 0.25) is 5.91 Å². The van der Waals surface area contributed by atoms with E-state index in [0.29, 0.717) is 19.6 Å². The smallest absolute Gasteiger partial charge is 0.254 e. The molecule has 0 bridgehead atoms. The summed E-state index contributed by atoms with van der Waals surface area (Å²) in [6.07, 6.45) is 0. The molecule has 0 spiro atoms.